The van der Waals surface area contributed by atoms with E-state index in [1.807, 2.05) is 36.1 Å². The molecule has 0 radical (unpaired) electrons. The first-order chi connectivity index (χ1) is 13.1. The number of piperidine rings is 1. The Morgan fingerprint density at radius 1 is 1.26 bits per heavy atom. The van der Waals surface area contributed by atoms with Gasteiger partial charge in [0.15, 0.2) is 5.82 Å². The standard InChI is InChI=1S/C18H21N7O2/c1-11-19-16(23-21-11)14-4-3-9-25(10-14)18(26)20-15-7-5-13(6-8-15)17-24-22-12(2)27-17/h5-8,14H,3-4,9-10H2,1-2H3,(H,20,26)(H,19,21,23)/t14-/m0/s1. The maximum atomic E-state index is 12.6. The maximum absolute atomic E-state index is 12.6. The van der Waals surface area contributed by atoms with Crippen molar-refractivity contribution >= 4 is 11.7 Å². The summed E-state index contributed by atoms with van der Waals surface area (Å²) in [5.74, 6) is 2.72. The van der Waals surface area contributed by atoms with E-state index in [9.17, 15) is 4.79 Å². The number of carbonyl (C=O) groups excluding carboxylic acids is 1. The average Bonchev–Trinajstić information content (AvgIpc) is 3.31. The van der Waals surface area contributed by atoms with E-state index in [2.05, 4.69) is 30.7 Å². The molecule has 0 saturated carbocycles. The van der Waals surface area contributed by atoms with Gasteiger partial charge < -0.3 is 14.6 Å². The monoisotopic (exact) mass is 367 g/mol. The molecule has 2 amide bonds. The van der Waals surface area contributed by atoms with Crippen molar-refractivity contribution in [2.45, 2.75) is 32.6 Å². The molecule has 0 unspecified atom stereocenters. The highest BCUT2D eigenvalue weighted by molar-refractivity contribution is 5.89. The molecule has 9 heteroatoms. The highest BCUT2D eigenvalue weighted by Gasteiger charge is 2.27. The predicted octanol–water partition coefficient (Wildman–Crippen LogP) is 2.88. The molecule has 0 aliphatic carbocycles. The van der Waals surface area contributed by atoms with E-state index >= 15 is 0 Å². The van der Waals surface area contributed by atoms with Gasteiger partial charge in [-0.1, -0.05) is 0 Å². The van der Waals surface area contributed by atoms with Gasteiger partial charge in [-0.15, -0.1) is 10.2 Å². The Kier molecular flexibility index (Phi) is 4.57. The number of aromatic nitrogens is 5. The van der Waals surface area contributed by atoms with E-state index < -0.39 is 0 Å². The van der Waals surface area contributed by atoms with Crippen LogP contribution in [0.3, 0.4) is 0 Å². The maximum Gasteiger partial charge on any atom is 0.321 e. The third-order valence-electron chi connectivity index (χ3n) is 4.60. The molecule has 140 valence electrons. The number of aromatic amines is 1. The third kappa shape index (κ3) is 3.81. The molecular formula is C18H21N7O2. The third-order valence-corrected chi connectivity index (χ3v) is 4.60. The van der Waals surface area contributed by atoms with E-state index in [4.69, 9.17) is 4.42 Å². The summed E-state index contributed by atoms with van der Waals surface area (Å²) in [6, 6.07) is 7.23. The van der Waals surface area contributed by atoms with Crippen LogP contribution in [0.15, 0.2) is 28.7 Å². The summed E-state index contributed by atoms with van der Waals surface area (Å²) < 4.78 is 5.41. The largest absolute Gasteiger partial charge is 0.421 e. The molecule has 1 saturated heterocycles. The smallest absolute Gasteiger partial charge is 0.321 e. The van der Waals surface area contributed by atoms with Crippen LogP contribution in [0.1, 0.15) is 36.3 Å². The van der Waals surface area contributed by atoms with Crippen molar-refractivity contribution in [1.29, 1.82) is 0 Å². The lowest BCUT2D eigenvalue weighted by atomic mass is 9.98. The Morgan fingerprint density at radius 3 is 2.74 bits per heavy atom. The van der Waals surface area contributed by atoms with Gasteiger partial charge in [0.05, 0.1) is 0 Å². The molecule has 3 aromatic rings. The Balaban J connectivity index is 1.39. The minimum atomic E-state index is -0.117. The number of H-pyrrole nitrogens is 1. The van der Waals surface area contributed by atoms with Gasteiger partial charge >= 0.3 is 6.03 Å². The molecule has 27 heavy (non-hydrogen) atoms. The topological polar surface area (TPSA) is 113 Å². The van der Waals surface area contributed by atoms with E-state index in [-0.39, 0.29) is 11.9 Å². The van der Waals surface area contributed by atoms with Crippen LogP contribution in [0.4, 0.5) is 10.5 Å². The molecule has 1 aliphatic heterocycles. The number of rotatable bonds is 3. The fourth-order valence-electron chi connectivity index (χ4n) is 3.23. The SMILES string of the molecule is Cc1nc([C@H]2CCCN(C(=O)Nc3ccc(-c4nnc(C)o4)cc3)C2)n[nH]1. The van der Waals surface area contributed by atoms with Crippen molar-refractivity contribution in [3.05, 3.63) is 41.8 Å². The van der Waals surface area contributed by atoms with Gasteiger partial charge in [0, 0.05) is 37.2 Å². The zero-order valence-corrected chi connectivity index (χ0v) is 15.3. The normalized spacial score (nSPS) is 17.1. The Hall–Kier alpha value is -3.23. The summed E-state index contributed by atoms with van der Waals surface area (Å²) in [6.07, 6.45) is 1.92. The average molecular weight is 367 g/mol. The minimum Gasteiger partial charge on any atom is -0.421 e. The number of hydrogen-bond donors (Lipinski definition) is 2. The number of nitrogens with zero attached hydrogens (tertiary/aromatic N) is 5. The summed E-state index contributed by atoms with van der Waals surface area (Å²) >= 11 is 0. The molecule has 0 spiro atoms. The van der Waals surface area contributed by atoms with E-state index in [0.29, 0.717) is 18.3 Å². The van der Waals surface area contributed by atoms with Crippen LogP contribution in [0.5, 0.6) is 0 Å². The molecule has 3 heterocycles. The van der Waals surface area contributed by atoms with Crippen molar-refractivity contribution in [1.82, 2.24) is 30.3 Å². The van der Waals surface area contributed by atoms with E-state index in [0.717, 1.165) is 42.3 Å². The lowest BCUT2D eigenvalue weighted by molar-refractivity contribution is 0.191. The van der Waals surface area contributed by atoms with Gasteiger partial charge in [-0.2, -0.15) is 5.10 Å². The number of carbonyl (C=O) groups is 1. The van der Waals surface area contributed by atoms with Crippen molar-refractivity contribution in [2.75, 3.05) is 18.4 Å². The van der Waals surface area contributed by atoms with Crippen molar-refractivity contribution in [3.8, 4) is 11.5 Å². The number of aryl methyl sites for hydroxylation is 2. The zero-order valence-electron chi connectivity index (χ0n) is 15.3. The Labute approximate surface area is 156 Å². The summed E-state index contributed by atoms with van der Waals surface area (Å²) in [5.41, 5.74) is 1.53. The molecule has 2 aromatic heterocycles. The molecule has 1 atom stereocenters. The molecule has 2 N–H and O–H groups in total. The summed E-state index contributed by atoms with van der Waals surface area (Å²) in [6.45, 7) is 4.97. The number of urea groups is 1. The summed E-state index contributed by atoms with van der Waals surface area (Å²) in [5, 5.41) is 17.9. The van der Waals surface area contributed by atoms with Crippen LogP contribution in [0, 0.1) is 13.8 Å². The van der Waals surface area contributed by atoms with Gasteiger partial charge in [-0.05, 0) is 44.0 Å². The lowest BCUT2D eigenvalue weighted by Gasteiger charge is -2.31. The van der Waals surface area contributed by atoms with Gasteiger partial charge in [0.1, 0.15) is 5.82 Å². The number of amides is 2. The van der Waals surface area contributed by atoms with Crippen LogP contribution in [-0.4, -0.2) is 49.4 Å². The second-order valence-corrected chi connectivity index (χ2v) is 6.70. The predicted molar refractivity (Wildman–Crippen MR) is 98.2 cm³/mol. The number of likely N-dealkylation sites (tertiary alicyclic amines) is 1. The van der Waals surface area contributed by atoms with E-state index in [1.54, 1.807) is 6.92 Å². The highest BCUT2D eigenvalue weighted by atomic mass is 16.4. The van der Waals surface area contributed by atoms with Crippen molar-refractivity contribution in [2.24, 2.45) is 0 Å². The Morgan fingerprint density at radius 2 is 2.07 bits per heavy atom. The van der Waals surface area contributed by atoms with Crippen LogP contribution in [0.25, 0.3) is 11.5 Å². The zero-order chi connectivity index (χ0) is 18.8. The van der Waals surface area contributed by atoms with Crippen LogP contribution in [0.2, 0.25) is 0 Å². The fourth-order valence-corrected chi connectivity index (χ4v) is 3.23. The van der Waals surface area contributed by atoms with Gasteiger partial charge in [-0.25, -0.2) is 9.78 Å². The van der Waals surface area contributed by atoms with Crippen LogP contribution in [-0.2, 0) is 0 Å². The first-order valence-electron chi connectivity index (χ1n) is 8.94. The Bertz CT molecular complexity index is 931. The number of nitrogens with one attached hydrogen (secondary N) is 2. The van der Waals surface area contributed by atoms with Gasteiger partial charge in [-0.3, -0.25) is 5.10 Å². The highest BCUT2D eigenvalue weighted by Crippen LogP contribution is 2.25. The second-order valence-electron chi connectivity index (χ2n) is 6.70. The first kappa shape index (κ1) is 17.2. The number of anilines is 1. The number of benzene rings is 1. The van der Waals surface area contributed by atoms with Crippen molar-refractivity contribution < 1.29 is 9.21 Å². The minimum absolute atomic E-state index is 0.117. The molecule has 1 aromatic carbocycles. The lowest BCUT2D eigenvalue weighted by Crippen LogP contribution is -2.41. The summed E-state index contributed by atoms with van der Waals surface area (Å²) in [4.78, 5) is 18.9. The molecular weight excluding hydrogens is 346 g/mol. The molecule has 4 rings (SSSR count). The fraction of sp³-hybridized carbons (Fsp3) is 0.389. The number of hydrogen-bond acceptors (Lipinski definition) is 6. The van der Waals surface area contributed by atoms with E-state index in [1.165, 1.54) is 0 Å². The van der Waals surface area contributed by atoms with Gasteiger partial charge in [0.2, 0.25) is 11.8 Å². The van der Waals surface area contributed by atoms with Gasteiger partial charge in [0.25, 0.3) is 0 Å². The second kappa shape index (κ2) is 7.18. The van der Waals surface area contributed by atoms with Crippen molar-refractivity contribution in [3.63, 3.8) is 0 Å². The first-order valence-corrected chi connectivity index (χ1v) is 8.94. The molecule has 9 nitrogen and oxygen atoms in total. The molecule has 0 bridgehead atoms. The summed E-state index contributed by atoms with van der Waals surface area (Å²) in [7, 11) is 0. The molecule has 1 aliphatic rings. The van der Waals surface area contributed by atoms with Crippen LogP contribution >= 0.6 is 0 Å². The quantitative estimate of drug-likeness (QED) is 0.736. The molecule has 1 fully saturated rings. The van der Waals surface area contributed by atoms with Crippen LogP contribution < -0.4 is 5.32 Å².